The molecule has 1 rings (SSSR count). The Labute approximate surface area is 121 Å². The van der Waals surface area contributed by atoms with E-state index < -0.39 is 11.0 Å². The first-order chi connectivity index (χ1) is 9.27. The SMILES string of the molecule is CCC(C)(C(=O)NC(C)(C)CO)C(N)c1ccccc1. The first kappa shape index (κ1) is 16.7. The zero-order valence-electron chi connectivity index (χ0n) is 12.8. The van der Waals surface area contributed by atoms with E-state index in [1.165, 1.54) is 0 Å². The molecular weight excluding hydrogens is 252 g/mol. The van der Waals surface area contributed by atoms with E-state index in [1.807, 2.05) is 44.2 Å². The summed E-state index contributed by atoms with van der Waals surface area (Å²) in [6.07, 6.45) is 0.621. The van der Waals surface area contributed by atoms with Gasteiger partial charge in [0.1, 0.15) is 0 Å². The topological polar surface area (TPSA) is 75.3 Å². The van der Waals surface area contributed by atoms with E-state index in [2.05, 4.69) is 5.32 Å². The molecule has 0 saturated carbocycles. The molecule has 0 heterocycles. The standard InChI is InChI=1S/C16H26N2O2/c1-5-16(4,14(20)18-15(2,3)11-19)13(17)12-9-7-6-8-10-12/h6-10,13,19H,5,11,17H2,1-4H3,(H,18,20). The van der Waals surface area contributed by atoms with Crippen LogP contribution < -0.4 is 11.1 Å². The van der Waals surface area contributed by atoms with E-state index in [4.69, 9.17) is 5.73 Å². The van der Waals surface area contributed by atoms with Crippen molar-refractivity contribution < 1.29 is 9.90 Å². The Morgan fingerprint density at radius 3 is 2.30 bits per heavy atom. The van der Waals surface area contributed by atoms with Gasteiger partial charge in [-0.15, -0.1) is 0 Å². The molecule has 0 aliphatic heterocycles. The maximum atomic E-state index is 12.6. The van der Waals surface area contributed by atoms with Crippen molar-refractivity contribution in [2.75, 3.05) is 6.61 Å². The molecule has 1 aromatic carbocycles. The maximum Gasteiger partial charge on any atom is 0.228 e. The van der Waals surface area contributed by atoms with Crippen molar-refractivity contribution in [2.45, 2.75) is 45.7 Å². The summed E-state index contributed by atoms with van der Waals surface area (Å²) in [7, 11) is 0. The molecule has 0 radical (unpaired) electrons. The third-order valence-electron chi connectivity index (χ3n) is 3.95. The molecule has 2 unspecified atom stereocenters. The Morgan fingerprint density at radius 1 is 1.30 bits per heavy atom. The molecule has 1 aromatic rings. The number of benzene rings is 1. The minimum atomic E-state index is -0.714. The highest BCUT2D eigenvalue weighted by Gasteiger charge is 2.40. The van der Waals surface area contributed by atoms with Gasteiger partial charge in [-0.05, 0) is 32.8 Å². The fourth-order valence-electron chi connectivity index (χ4n) is 2.04. The highest BCUT2D eigenvalue weighted by molar-refractivity contribution is 5.84. The smallest absolute Gasteiger partial charge is 0.228 e. The average Bonchev–Trinajstić information content (AvgIpc) is 2.46. The van der Waals surface area contributed by atoms with E-state index in [1.54, 1.807) is 13.8 Å². The molecule has 4 N–H and O–H groups in total. The molecule has 4 heteroatoms. The number of hydrogen-bond acceptors (Lipinski definition) is 3. The Kier molecular flexibility index (Phi) is 5.31. The number of carbonyl (C=O) groups is 1. The molecular formula is C16H26N2O2. The van der Waals surface area contributed by atoms with Crippen molar-refractivity contribution in [3.8, 4) is 0 Å². The van der Waals surface area contributed by atoms with Gasteiger partial charge in [0.2, 0.25) is 5.91 Å². The van der Waals surface area contributed by atoms with Gasteiger partial charge in [0.15, 0.2) is 0 Å². The molecule has 0 fully saturated rings. The summed E-state index contributed by atoms with van der Waals surface area (Å²) in [6.45, 7) is 7.28. The molecule has 0 spiro atoms. The summed E-state index contributed by atoms with van der Waals surface area (Å²) in [6, 6.07) is 9.24. The summed E-state index contributed by atoms with van der Waals surface area (Å²) in [5.74, 6) is -0.129. The van der Waals surface area contributed by atoms with Gasteiger partial charge in [-0.3, -0.25) is 4.79 Å². The molecule has 4 nitrogen and oxygen atoms in total. The minimum absolute atomic E-state index is 0.112. The second-order valence-corrected chi connectivity index (χ2v) is 6.16. The number of amides is 1. The second kappa shape index (κ2) is 6.37. The van der Waals surface area contributed by atoms with Crippen molar-refractivity contribution in [3.63, 3.8) is 0 Å². The van der Waals surface area contributed by atoms with E-state index in [9.17, 15) is 9.90 Å². The van der Waals surface area contributed by atoms with Crippen LogP contribution in [-0.2, 0) is 4.79 Å². The minimum Gasteiger partial charge on any atom is -0.394 e. The lowest BCUT2D eigenvalue weighted by Gasteiger charge is -2.36. The summed E-state index contributed by atoms with van der Waals surface area (Å²) >= 11 is 0. The van der Waals surface area contributed by atoms with Crippen LogP contribution in [0.15, 0.2) is 30.3 Å². The monoisotopic (exact) mass is 278 g/mol. The Bertz CT molecular complexity index is 445. The number of hydrogen-bond donors (Lipinski definition) is 3. The average molecular weight is 278 g/mol. The largest absolute Gasteiger partial charge is 0.394 e. The molecule has 0 bridgehead atoms. The highest BCUT2D eigenvalue weighted by Crippen LogP contribution is 2.35. The van der Waals surface area contributed by atoms with E-state index in [-0.39, 0.29) is 18.6 Å². The van der Waals surface area contributed by atoms with Crippen LogP contribution in [0.2, 0.25) is 0 Å². The van der Waals surface area contributed by atoms with E-state index >= 15 is 0 Å². The van der Waals surface area contributed by atoms with Gasteiger partial charge in [0.05, 0.1) is 17.6 Å². The molecule has 1 amide bonds. The third-order valence-corrected chi connectivity index (χ3v) is 3.95. The predicted molar refractivity (Wildman–Crippen MR) is 81.1 cm³/mol. The first-order valence-electron chi connectivity index (χ1n) is 7.01. The lowest BCUT2D eigenvalue weighted by molar-refractivity contribution is -0.134. The van der Waals surface area contributed by atoms with Crippen molar-refractivity contribution in [3.05, 3.63) is 35.9 Å². The summed E-state index contributed by atoms with van der Waals surface area (Å²) in [4.78, 5) is 12.6. The van der Waals surface area contributed by atoms with Gasteiger partial charge in [0, 0.05) is 6.04 Å². The summed E-state index contributed by atoms with van der Waals surface area (Å²) in [5.41, 5.74) is 5.90. The summed E-state index contributed by atoms with van der Waals surface area (Å²) < 4.78 is 0. The van der Waals surface area contributed by atoms with Gasteiger partial charge in [-0.25, -0.2) is 0 Å². The van der Waals surface area contributed by atoms with Crippen molar-refractivity contribution >= 4 is 5.91 Å². The molecule has 0 saturated heterocycles. The summed E-state index contributed by atoms with van der Waals surface area (Å²) in [5, 5.41) is 12.2. The van der Waals surface area contributed by atoms with Gasteiger partial charge in [-0.1, -0.05) is 37.3 Å². The highest BCUT2D eigenvalue weighted by atomic mass is 16.3. The van der Waals surface area contributed by atoms with Crippen molar-refractivity contribution in [1.29, 1.82) is 0 Å². The number of aliphatic hydroxyl groups excluding tert-OH is 1. The van der Waals surface area contributed by atoms with Gasteiger partial charge in [0.25, 0.3) is 0 Å². The molecule has 112 valence electrons. The zero-order chi connectivity index (χ0) is 15.4. The van der Waals surface area contributed by atoms with Crippen LogP contribution in [0.1, 0.15) is 45.7 Å². The predicted octanol–water partition coefficient (Wildman–Crippen LogP) is 1.99. The second-order valence-electron chi connectivity index (χ2n) is 6.16. The lowest BCUT2D eigenvalue weighted by atomic mass is 9.75. The number of nitrogens with one attached hydrogen (secondary N) is 1. The number of carbonyl (C=O) groups excluding carboxylic acids is 1. The van der Waals surface area contributed by atoms with Gasteiger partial charge >= 0.3 is 0 Å². The first-order valence-corrected chi connectivity index (χ1v) is 7.01. The normalized spacial score (nSPS) is 16.3. The van der Waals surface area contributed by atoms with Crippen LogP contribution in [0, 0.1) is 5.41 Å². The molecule has 0 aromatic heterocycles. The Morgan fingerprint density at radius 2 is 1.85 bits per heavy atom. The van der Waals surface area contributed by atoms with E-state index in [0.717, 1.165) is 5.56 Å². The van der Waals surface area contributed by atoms with Crippen LogP contribution in [0.25, 0.3) is 0 Å². The third kappa shape index (κ3) is 3.58. The molecule has 20 heavy (non-hydrogen) atoms. The van der Waals surface area contributed by atoms with Gasteiger partial charge in [-0.2, -0.15) is 0 Å². The van der Waals surface area contributed by atoms with Crippen LogP contribution in [0.3, 0.4) is 0 Å². The number of aliphatic hydroxyl groups is 1. The fraction of sp³-hybridized carbons (Fsp3) is 0.562. The Balaban J connectivity index is 2.99. The lowest BCUT2D eigenvalue weighted by Crippen LogP contribution is -2.54. The quantitative estimate of drug-likeness (QED) is 0.745. The molecule has 2 atom stereocenters. The maximum absolute atomic E-state index is 12.6. The number of rotatable bonds is 6. The van der Waals surface area contributed by atoms with Crippen molar-refractivity contribution in [1.82, 2.24) is 5.32 Å². The van der Waals surface area contributed by atoms with Gasteiger partial charge < -0.3 is 16.2 Å². The van der Waals surface area contributed by atoms with Crippen LogP contribution in [0.5, 0.6) is 0 Å². The number of nitrogens with two attached hydrogens (primary N) is 1. The fourth-order valence-corrected chi connectivity index (χ4v) is 2.04. The molecule has 0 aliphatic carbocycles. The zero-order valence-corrected chi connectivity index (χ0v) is 12.8. The van der Waals surface area contributed by atoms with Crippen LogP contribution in [-0.4, -0.2) is 23.2 Å². The van der Waals surface area contributed by atoms with Crippen LogP contribution >= 0.6 is 0 Å². The van der Waals surface area contributed by atoms with Crippen molar-refractivity contribution in [2.24, 2.45) is 11.1 Å². The molecule has 0 aliphatic rings. The van der Waals surface area contributed by atoms with E-state index in [0.29, 0.717) is 6.42 Å². The Hall–Kier alpha value is -1.39. The van der Waals surface area contributed by atoms with Crippen LogP contribution in [0.4, 0.5) is 0 Å².